The molecule has 6 nitrogen and oxygen atoms in total. The number of rotatable bonds is 2. The first-order chi connectivity index (χ1) is 8.56. The van der Waals surface area contributed by atoms with Gasteiger partial charge in [-0.3, -0.25) is 0 Å². The van der Waals surface area contributed by atoms with Gasteiger partial charge in [-0.1, -0.05) is 0 Å². The Bertz CT molecular complexity index is 552. The summed E-state index contributed by atoms with van der Waals surface area (Å²) in [6.45, 7) is 0. The Morgan fingerprint density at radius 3 is 1.28 bits per heavy atom. The Balaban J connectivity index is 2.24. The Hall–Kier alpha value is -2.76. The fourth-order valence-corrected chi connectivity index (χ4v) is 1.36. The molecule has 0 radical (unpaired) electrons. The first-order valence-corrected chi connectivity index (χ1v) is 5.28. The normalized spacial score (nSPS) is 10.9. The fourth-order valence-electron chi connectivity index (χ4n) is 1.36. The van der Waals surface area contributed by atoms with Gasteiger partial charge in [-0.2, -0.15) is 10.2 Å². The first kappa shape index (κ1) is 11.7. The van der Waals surface area contributed by atoms with Crippen molar-refractivity contribution >= 4 is 34.1 Å². The van der Waals surface area contributed by atoms with Crippen LogP contribution in [0.15, 0.2) is 46.6 Å². The van der Waals surface area contributed by atoms with Crippen LogP contribution in [-0.2, 0) is 0 Å². The summed E-state index contributed by atoms with van der Waals surface area (Å²) in [6, 6.07) is 10.1. The molecule has 0 unspecified atom stereocenters. The van der Waals surface area contributed by atoms with E-state index in [-0.39, 0.29) is 0 Å². The molecule has 0 bridgehead atoms. The zero-order valence-corrected chi connectivity index (χ0v) is 9.67. The maximum absolute atomic E-state index is 5.67. The minimum absolute atomic E-state index is 0.475. The Morgan fingerprint density at radius 1 is 0.556 bits per heavy atom. The van der Waals surface area contributed by atoms with Crippen molar-refractivity contribution in [3.8, 4) is 0 Å². The molecule has 0 aromatic heterocycles. The van der Waals surface area contributed by atoms with Crippen molar-refractivity contribution in [2.45, 2.75) is 0 Å². The van der Waals surface area contributed by atoms with E-state index < -0.39 is 0 Å². The molecular weight excluding hydrogens is 228 g/mol. The smallest absolute Gasteiger partial charge is 0.0879 e. The van der Waals surface area contributed by atoms with E-state index in [1.54, 1.807) is 36.4 Å². The summed E-state index contributed by atoms with van der Waals surface area (Å²) >= 11 is 0. The van der Waals surface area contributed by atoms with Crippen LogP contribution >= 0.6 is 0 Å². The highest BCUT2D eigenvalue weighted by molar-refractivity contribution is 5.69. The van der Waals surface area contributed by atoms with Crippen LogP contribution in [0.3, 0.4) is 0 Å². The fraction of sp³-hybridized carbons (Fsp3) is 0. The molecule has 2 aromatic rings. The number of nitrogens with two attached hydrogens (primary N) is 4. The van der Waals surface area contributed by atoms with Gasteiger partial charge in [0.15, 0.2) is 0 Å². The van der Waals surface area contributed by atoms with E-state index in [0.717, 1.165) is 0 Å². The lowest BCUT2D eigenvalue weighted by atomic mass is 10.2. The minimum atomic E-state index is 0.475. The quantitative estimate of drug-likeness (QED) is 0.476. The summed E-state index contributed by atoms with van der Waals surface area (Å²) in [5, 5.41) is 8.08. The molecule has 0 aliphatic rings. The molecule has 0 aliphatic heterocycles. The lowest BCUT2D eigenvalue weighted by Gasteiger charge is -2.01. The average Bonchev–Trinajstić information content (AvgIpc) is 2.35. The summed E-state index contributed by atoms with van der Waals surface area (Å²) in [5.74, 6) is 0. The lowest BCUT2D eigenvalue weighted by Crippen LogP contribution is -1.93. The maximum atomic E-state index is 5.67. The molecule has 0 atom stereocenters. The van der Waals surface area contributed by atoms with Crippen LogP contribution in [0.25, 0.3) is 0 Å². The third-order valence-corrected chi connectivity index (χ3v) is 2.42. The van der Waals surface area contributed by atoms with Gasteiger partial charge in [0, 0.05) is 0 Å². The zero-order chi connectivity index (χ0) is 13.1. The van der Waals surface area contributed by atoms with E-state index in [1.165, 1.54) is 0 Å². The summed E-state index contributed by atoms with van der Waals surface area (Å²) in [6.07, 6.45) is 0. The van der Waals surface area contributed by atoms with E-state index in [2.05, 4.69) is 10.2 Å². The van der Waals surface area contributed by atoms with E-state index in [0.29, 0.717) is 34.1 Å². The highest BCUT2D eigenvalue weighted by atomic mass is 15.1. The standard InChI is InChI=1S/C12H14N6/c13-9-3-1-7(5-11(9)15)17-18-8-2-4-10(14)12(16)6-8/h1-6H,13-16H2. The Kier molecular flexibility index (Phi) is 3.01. The second-order valence-corrected chi connectivity index (χ2v) is 3.83. The zero-order valence-electron chi connectivity index (χ0n) is 9.67. The molecular formula is C12H14N6. The summed E-state index contributed by atoms with van der Waals surface area (Å²) in [4.78, 5) is 0. The van der Waals surface area contributed by atoms with Crippen LogP contribution in [0, 0.1) is 0 Å². The van der Waals surface area contributed by atoms with Gasteiger partial charge in [0.25, 0.3) is 0 Å². The molecule has 18 heavy (non-hydrogen) atoms. The van der Waals surface area contributed by atoms with Crippen LogP contribution in [0.5, 0.6) is 0 Å². The van der Waals surface area contributed by atoms with Crippen LogP contribution in [0.2, 0.25) is 0 Å². The molecule has 0 amide bonds. The molecule has 0 fully saturated rings. The van der Waals surface area contributed by atoms with Crippen LogP contribution in [-0.4, -0.2) is 0 Å². The SMILES string of the molecule is Nc1ccc(N=Nc2ccc(N)c(N)c2)cc1N. The van der Waals surface area contributed by atoms with Gasteiger partial charge >= 0.3 is 0 Å². The van der Waals surface area contributed by atoms with Gasteiger partial charge in [-0.05, 0) is 36.4 Å². The van der Waals surface area contributed by atoms with Gasteiger partial charge in [0.1, 0.15) is 0 Å². The van der Waals surface area contributed by atoms with Gasteiger partial charge in [0.2, 0.25) is 0 Å². The van der Waals surface area contributed by atoms with Gasteiger partial charge in [0.05, 0.1) is 34.1 Å². The molecule has 2 rings (SSSR count). The molecule has 0 heterocycles. The number of nitrogen functional groups attached to an aromatic ring is 4. The molecule has 92 valence electrons. The summed E-state index contributed by atoms with van der Waals surface area (Å²) in [5.41, 5.74) is 25.8. The number of benzene rings is 2. The first-order valence-electron chi connectivity index (χ1n) is 5.28. The minimum Gasteiger partial charge on any atom is -0.397 e. The summed E-state index contributed by atoms with van der Waals surface area (Å²) in [7, 11) is 0. The highest BCUT2D eigenvalue weighted by Gasteiger charge is 1.98. The molecule has 8 N–H and O–H groups in total. The van der Waals surface area contributed by atoms with E-state index in [9.17, 15) is 0 Å². The van der Waals surface area contributed by atoms with Crippen molar-refractivity contribution in [2.75, 3.05) is 22.9 Å². The van der Waals surface area contributed by atoms with Gasteiger partial charge in [-0.15, -0.1) is 0 Å². The second-order valence-electron chi connectivity index (χ2n) is 3.83. The second kappa shape index (κ2) is 4.62. The molecule has 0 spiro atoms. The topological polar surface area (TPSA) is 129 Å². The average molecular weight is 242 g/mol. The number of hydrogen-bond donors (Lipinski definition) is 4. The van der Waals surface area contributed by atoms with Crippen LogP contribution in [0.4, 0.5) is 34.1 Å². The number of hydrogen-bond acceptors (Lipinski definition) is 6. The van der Waals surface area contributed by atoms with Gasteiger partial charge < -0.3 is 22.9 Å². The molecule has 0 aliphatic carbocycles. The maximum Gasteiger partial charge on any atom is 0.0879 e. The van der Waals surface area contributed by atoms with Crippen molar-refractivity contribution in [2.24, 2.45) is 10.2 Å². The van der Waals surface area contributed by atoms with Crippen molar-refractivity contribution in [3.63, 3.8) is 0 Å². The van der Waals surface area contributed by atoms with E-state index in [1.807, 2.05) is 0 Å². The predicted octanol–water partition coefficient (Wildman–Crippen LogP) is 2.43. The van der Waals surface area contributed by atoms with Crippen molar-refractivity contribution in [3.05, 3.63) is 36.4 Å². The Morgan fingerprint density at radius 2 is 0.944 bits per heavy atom. The highest BCUT2D eigenvalue weighted by Crippen LogP contribution is 2.26. The number of azo groups is 1. The molecule has 2 aromatic carbocycles. The largest absolute Gasteiger partial charge is 0.397 e. The third kappa shape index (κ3) is 2.49. The predicted molar refractivity (Wildman–Crippen MR) is 74.7 cm³/mol. The van der Waals surface area contributed by atoms with Crippen molar-refractivity contribution < 1.29 is 0 Å². The van der Waals surface area contributed by atoms with E-state index >= 15 is 0 Å². The molecule has 6 heteroatoms. The molecule has 0 saturated carbocycles. The van der Waals surface area contributed by atoms with E-state index in [4.69, 9.17) is 22.9 Å². The summed E-state index contributed by atoms with van der Waals surface area (Å²) < 4.78 is 0. The third-order valence-electron chi connectivity index (χ3n) is 2.42. The number of anilines is 4. The monoisotopic (exact) mass is 242 g/mol. The number of nitrogens with zero attached hydrogens (tertiary/aromatic N) is 2. The van der Waals surface area contributed by atoms with Gasteiger partial charge in [-0.25, -0.2) is 0 Å². The van der Waals surface area contributed by atoms with Crippen molar-refractivity contribution in [1.82, 2.24) is 0 Å². The van der Waals surface area contributed by atoms with Crippen LogP contribution in [0.1, 0.15) is 0 Å². The Labute approximate surface area is 104 Å². The lowest BCUT2D eigenvalue weighted by molar-refractivity contribution is 1.23. The molecule has 0 saturated heterocycles. The van der Waals surface area contributed by atoms with Crippen molar-refractivity contribution in [1.29, 1.82) is 0 Å². The van der Waals surface area contributed by atoms with Crippen LogP contribution < -0.4 is 22.9 Å².